The van der Waals surface area contributed by atoms with Crippen LogP contribution in [0.2, 0.25) is 10.0 Å². The van der Waals surface area contributed by atoms with Crippen LogP contribution in [-0.4, -0.2) is 60.3 Å². The molecule has 0 radical (unpaired) electrons. The van der Waals surface area contributed by atoms with E-state index >= 15 is 0 Å². The lowest BCUT2D eigenvalue weighted by atomic mass is 10.1. The molecule has 3 aromatic rings. The number of nitrogens with zero attached hydrogens (tertiary/aromatic N) is 4. The van der Waals surface area contributed by atoms with Gasteiger partial charge < -0.3 is 20.2 Å². The molecule has 0 aliphatic carbocycles. The number of piperazine rings is 1. The first-order chi connectivity index (χ1) is 15.5. The van der Waals surface area contributed by atoms with E-state index in [1.165, 1.54) is 0 Å². The van der Waals surface area contributed by atoms with Crippen LogP contribution in [-0.2, 0) is 11.3 Å². The molecule has 1 aromatic heterocycles. The van der Waals surface area contributed by atoms with E-state index in [1.807, 2.05) is 48.5 Å². The standard InChI is InChI=1S/C23H25Cl2N5O2/c1-32-20-13-17(7-8-19(20)24)28-9-11-29(12-10-28)18(15-31)14-30-22(21(25)23(26)27-30)16-5-3-2-4-6-16/h2-8,13,15,18H,9-12,14H2,1H3,(H2,26,27). The number of carbonyl (C=O) groups is 1. The summed E-state index contributed by atoms with van der Waals surface area (Å²) in [6.07, 6.45) is 0.974. The minimum atomic E-state index is -0.338. The molecule has 2 heterocycles. The number of halogens is 2. The predicted octanol–water partition coefficient (Wildman–Crippen LogP) is 3.84. The molecular formula is C23H25Cl2N5O2. The van der Waals surface area contributed by atoms with Crippen molar-refractivity contribution in [1.82, 2.24) is 14.7 Å². The van der Waals surface area contributed by atoms with Crippen molar-refractivity contribution in [2.75, 3.05) is 43.9 Å². The molecule has 9 heteroatoms. The molecule has 1 saturated heterocycles. The molecule has 1 atom stereocenters. The third-order valence-electron chi connectivity index (χ3n) is 5.77. The molecule has 0 bridgehead atoms. The topological polar surface area (TPSA) is 76.6 Å². The van der Waals surface area contributed by atoms with Crippen molar-refractivity contribution in [2.45, 2.75) is 12.6 Å². The SMILES string of the molecule is COc1cc(N2CCN(C(C=O)Cn3nc(N)c(Cl)c3-c3ccccc3)CC2)ccc1Cl. The van der Waals surface area contributed by atoms with Gasteiger partial charge in [0.2, 0.25) is 0 Å². The van der Waals surface area contributed by atoms with Gasteiger partial charge in [0.05, 0.1) is 30.4 Å². The van der Waals surface area contributed by atoms with Crippen molar-refractivity contribution in [1.29, 1.82) is 0 Å². The summed E-state index contributed by atoms with van der Waals surface area (Å²) in [7, 11) is 1.61. The lowest BCUT2D eigenvalue weighted by molar-refractivity contribution is -0.113. The van der Waals surface area contributed by atoms with Gasteiger partial charge >= 0.3 is 0 Å². The largest absolute Gasteiger partial charge is 0.495 e. The third-order valence-corrected chi connectivity index (χ3v) is 6.45. The number of anilines is 2. The summed E-state index contributed by atoms with van der Waals surface area (Å²) in [4.78, 5) is 16.5. The monoisotopic (exact) mass is 473 g/mol. The number of rotatable bonds is 7. The Morgan fingerprint density at radius 1 is 1.12 bits per heavy atom. The Hall–Kier alpha value is -2.74. The lowest BCUT2D eigenvalue weighted by Gasteiger charge is -2.38. The Morgan fingerprint density at radius 2 is 1.84 bits per heavy atom. The molecular weight excluding hydrogens is 449 g/mol. The maximum atomic E-state index is 12.0. The number of nitrogens with two attached hydrogens (primary N) is 1. The highest BCUT2D eigenvalue weighted by atomic mass is 35.5. The Balaban J connectivity index is 1.48. The highest BCUT2D eigenvalue weighted by molar-refractivity contribution is 6.35. The highest BCUT2D eigenvalue weighted by Crippen LogP contribution is 2.33. The van der Waals surface area contributed by atoms with Gasteiger partial charge in [-0.05, 0) is 12.1 Å². The fraction of sp³-hybridized carbons (Fsp3) is 0.304. The van der Waals surface area contributed by atoms with Crippen LogP contribution >= 0.6 is 23.2 Å². The first-order valence-electron chi connectivity index (χ1n) is 10.4. The first-order valence-corrected chi connectivity index (χ1v) is 11.1. The smallest absolute Gasteiger partial charge is 0.164 e. The van der Waals surface area contributed by atoms with Gasteiger partial charge in [-0.25, -0.2) is 0 Å². The third kappa shape index (κ3) is 4.55. The predicted molar refractivity (Wildman–Crippen MR) is 129 cm³/mol. The van der Waals surface area contributed by atoms with Crippen molar-refractivity contribution >= 4 is 41.0 Å². The van der Waals surface area contributed by atoms with Gasteiger partial charge in [0.1, 0.15) is 17.1 Å². The van der Waals surface area contributed by atoms with Crippen LogP contribution in [0.1, 0.15) is 0 Å². The van der Waals surface area contributed by atoms with E-state index in [2.05, 4.69) is 14.9 Å². The number of aldehydes is 1. The van der Waals surface area contributed by atoms with E-state index in [9.17, 15) is 4.79 Å². The van der Waals surface area contributed by atoms with Crippen LogP contribution in [0.25, 0.3) is 11.3 Å². The molecule has 2 aromatic carbocycles. The number of hydrogen-bond donors (Lipinski definition) is 1. The van der Waals surface area contributed by atoms with Crippen LogP contribution in [0, 0.1) is 0 Å². The number of nitrogen functional groups attached to an aromatic ring is 1. The summed E-state index contributed by atoms with van der Waals surface area (Å²) in [5.41, 5.74) is 8.68. The second-order valence-electron chi connectivity index (χ2n) is 7.64. The van der Waals surface area contributed by atoms with Gasteiger partial charge in [0, 0.05) is 43.5 Å². The molecule has 2 N–H and O–H groups in total. The molecule has 7 nitrogen and oxygen atoms in total. The zero-order valence-electron chi connectivity index (χ0n) is 17.7. The molecule has 0 saturated carbocycles. The van der Waals surface area contributed by atoms with E-state index in [4.69, 9.17) is 33.7 Å². The van der Waals surface area contributed by atoms with Crippen molar-refractivity contribution in [3.8, 4) is 17.0 Å². The molecule has 4 rings (SSSR count). The minimum Gasteiger partial charge on any atom is -0.495 e. The second-order valence-corrected chi connectivity index (χ2v) is 8.43. The van der Waals surface area contributed by atoms with Crippen LogP contribution in [0.3, 0.4) is 0 Å². The quantitative estimate of drug-likeness (QED) is 0.525. The van der Waals surface area contributed by atoms with Crippen LogP contribution in [0.15, 0.2) is 48.5 Å². The summed E-state index contributed by atoms with van der Waals surface area (Å²) >= 11 is 12.6. The maximum Gasteiger partial charge on any atom is 0.164 e. The van der Waals surface area contributed by atoms with E-state index in [0.717, 1.165) is 49.4 Å². The van der Waals surface area contributed by atoms with Gasteiger partial charge in [0.15, 0.2) is 5.82 Å². The summed E-state index contributed by atoms with van der Waals surface area (Å²) in [6.45, 7) is 3.41. The van der Waals surface area contributed by atoms with E-state index < -0.39 is 0 Å². The van der Waals surface area contributed by atoms with Crippen LogP contribution in [0.5, 0.6) is 5.75 Å². The number of hydrogen-bond acceptors (Lipinski definition) is 6. The second kappa shape index (κ2) is 9.81. The molecule has 32 heavy (non-hydrogen) atoms. The molecule has 168 valence electrons. The summed E-state index contributed by atoms with van der Waals surface area (Å²) in [5, 5.41) is 5.39. The molecule has 1 unspecified atom stereocenters. The van der Waals surface area contributed by atoms with Crippen molar-refractivity contribution in [3.63, 3.8) is 0 Å². The Bertz CT molecular complexity index is 1080. The maximum absolute atomic E-state index is 12.0. The Labute approximate surface area is 197 Å². The molecule has 1 aliphatic rings. The number of benzene rings is 2. The van der Waals surface area contributed by atoms with Crippen molar-refractivity contribution in [3.05, 3.63) is 58.6 Å². The van der Waals surface area contributed by atoms with Gasteiger partial charge in [-0.15, -0.1) is 0 Å². The Morgan fingerprint density at radius 3 is 2.50 bits per heavy atom. The number of ether oxygens (including phenoxy) is 1. The minimum absolute atomic E-state index is 0.261. The zero-order chi connectivity index (χ0) is 22.7. The van der Waals surface area contributed by atoms with Crippen molar-refractivity contribution < 1.29 is 9.53 Å². The number of aromatic nitrogens is 2. The van der Waals surface area contributed by atoms with E-state index in [-0.39, 0.29) is 11.9 Å². The fourth-order valence-corrected chi connectivity index (χ4v) is 4.48. The average molecular weight is 474 g/mol. The zero-order valence-corrected chi connectivity index (χ0v) is 19.3. The summed E-state index contributed by atoms with van der Waals surface area (Å²) < 4.78 is 7.07. The van der Waals surface area contributed by atoms with Crippen LogP contribution < -0.4 is 15.4 Å². The summed E-state index contributed by atoms with van der Waals surface area (Å²) in [6, 6.07) is 15.1. The van der Waals surface area contributed by atoms with E-state index in [1.54, 1.807) is 11.8 Å². The number of carbonyl (C=O) groups excluding carboxylic acids is 1. The van der Waals surface area contributed by atoms with E-state index in [0.29, 0.717) is 22.3 Å². The first kappa shape index (κ1) is 22.5. The molecule has 1 aliphatic heterocycles. The normalized spacial score (nSPS) is 15.5. The molecule has 1 fully saturated rings. The fourth-order valence-electron chi connectivity index (χ4n) is 4.04. The van der Waals surface area contributed by atoms with Gasteiger partial charge in [0.25, 0.3) is 0 Å². The molecule has 0 spiro atoms. The average Bonchev–Trinajstić information content (AvgIpc) is 3.11. The van der Waals surface area contributed by atoms with Gasteiger partial charge in [-0.3, -0.25) is 9.58 Å². The van der Waals surface area contributed by atoms with Gasteiger partial charge in [-0.1, -0.05) is 53.5 Å². The Kier molecular flexibility index (Phi) is 6.89. The van der Waals surface area contributed by atoms with Crippen LogP contribution in [0.4, 0.5) is 11.5 Å². The lowest BCUT2D eigenvalue weighted by Crippen LogP contribution is -2.52. The van der Waals surface area contributed by atoms with Gasteiger partial charge in [-0.2, -0.15) is 5.10 Å². The number of methoxy groups -OCH3 is 1. The highest BCUT2D eigenvalue weighted by Gasteiger charge is 2.26. The molecule has 0 amide bonds. The van der Waals surface area contributed by atoms with Crippen molar-refractivity contribution in [2.24, 2.45) is 0 Å². The summed E-state index contributed by atoms with van der Waals surface area (Å²) in [5.74, 6) is 0.913.